The molecule has 1 aliphatic carbocycles. The second-order valence-electron chi connectivity index (χ2n) is 5.86. The highest BCUT2D eigenvalue weighted by Crippen LogP contribution is 2.22. The van der Waals surface area contributed by atoms with Crippen molar-refractivity contribution in [2.75, 3.05) is 0 Å². The van der Waals surface area contributed by atoms with Gasteiger partial charge < -0.3 is 10.1 Å². The highest BCUT2D eigenvalue weighted by atomic mass is 35.5. The largest absolute Gasteiger partial charge is 0.460 e. The summed E-state index contributed by atoms with van der Waals surface area (Å²) in [4.78, 5) is 31.7. The molecule has 0 aliphatic heterocycles. The van der Waals surface area contributed by atoms with Gasteiger partial charge in [0.25, 0.3) is 5.56 Å². The summed E-state index contributed by atoms with van der Waals surface area (Å²) in [5.41, 5.74) is -0.294. The maximum atomic E-state index is 12.1. The summed E-state index contributed by atoms with van der Waals surface area (Å²) in [5.74, 6) is -0.216. The Hall–Kier alpha value is -2.48. The van der Waals surface area contributed by atoms with Crippen LogP contribution in [0.4, 0.5) is 0 Å². The first-order valence-electron chi connectivity index (χ1n) is 8.06. The van der Waals surface area contributed by atoms with Gasteiger partial charge in [-0.2, -0.15) is 5.10 Å². The van der Waals surface area contributed by atoms with E-state index in [0.29, 0.717) is 11.0 Å². The van der Waals surface area contributed by atoms with Gasteiger partial charge >= 0.3 is 6.01 Å². The molecule has 2 heterocycles. The van der Waals surface area contributed by atoms with E-state index in [1.807, 2.05) is 0 Å². The minimum absolute atomic E-state index is 0.0211. The van der Waals surface area contributed by atoms with Crippen molar-refractivity contribution in [3.05, 3.63) is 46.1 Å². The van der Waals surface area contributed by atoms with Crippen LogP contribution in [-0.4, -0.2) is 37.8 Å². The average Bonchev–Trinajstić information content (AvgIpc) is 2.61. The van der Waals surface area contributed by atoms with Crippen LogP contribution in [0.2, 0.25) is 5.02 Å². The second-order valence-corrected chi connectivity index (χ2v) is 6.30. The van der Waals surface area contributed by atoms with Crippen LogP contribution >= 0.6 is 11.6 Å². The van der Waals surface area contributed by atoms with Gasteiger partial charge in [0.05, 0.1) is 17.4 Å². The van der Waals surface area contributed by atoms with Crippen LogP contribution in [0.5, 0.6) is 6.01 Å². The topological polar surface area (TPSA) is 99.0 Å². The first kappa shape index (κ1) is 17.3. The van der Waals surface area contributed by atoms with Crippen molar-refractivity contribution in [3.63, 3.8) is 0 Å². The Bertz CT molecular complexity index is 772. The monoisotopic (exact) mass is 363 g/mol. The van der Waals surface area contributed by atoms with Crippen molar-refractivity contribution in [3.8, 4) is 6.01 Å². The molecule has 132 valence electrons. The van der Waals surface area contributed by atoms with Gasteiger partial charge in [0, 0.05) is 18.3 Å². The molecule has 1 fully saturated rings. The number of amides is 1. The van der Waals surface area contributed by atoms with Crippen molar-refractivity contribution >= 4 is 17.5 Å². The molecule has 0 saturated heterocycles. The molecule has 1 amide bonds. The van der Waals surface area contributed by atoms with Crippen LogP contribution in [-0.2, 0) is 11.3 Å². The molecule has 0 bridgehead atoms. The lowest BCUT2D eigenvalue weighted by atomic mass is 9.93. The Balaban J connectivity index is 1.44. The van der Waals surface area contributed by atoms with Crippen LogP contribution in [0.3, 0.4) is 0 Å². The fourth-order valence-electron chi connectivity index (χ4n) is 2.75. The van der Waals surface area contributed by atoms with Crippen LogP contribution in [0.15, 0.2) is 35.5 Å². The Morgan fingerprint density at radius 2 is 2.00 bits per heavy atom. The number of nitrogens with zero attached hydrogens (tertiary/aromatic N) is 4. The highest BCUT2D eigenvalue weighted by molar-refractivity contribution is 6.30. The van der Waals surface area contributed by atoms with E-state index in [4.69, 9.17) is 16.3 Å². The molecule has 0 spiro atoms. The van der Waals surface area contributed by atoms with Crippen LogP contribution in [0.1, 0.15) is 25.7 Å². The summed E-state index contributed by atoms with van der Waals surface area (Å²) in [7, 11) is 0. The number of hydrogen-bond donors (Lipinski definition) is 1. The standard InChI is InChI=1S/C16H18ClN5O3/c17-11-8-18-16(19-9-11)25-13-5-3-12(4-6-13)21-14(23)10-22-15(24)2-1-7-20-22/h1-2,7-9,12-13H,3-6,10H2,(H,21,23). The van der Waals surface area contributed by atoms with Crippen LogP contribution in [0, 0.1) is 0 Å². The van der Waals surface area contributed by atoms with E-state index in [2.05, 4.69) is 20.4 Å². The van der Waals surface area contributed by atoms with Crippen molar-refractivity contribution in [1.29, 1.82) is 0 Å². The van der Waals surface area contributed by atoms with E-state index in [0.717, 1.165) is 30.4 Å². The predicted molar refractivity (Wildman–Crippen MR) is 90.4 cm³/mol. The zero-order valence-corrected chi connectivity index (χ0v) is 14.2. The van der Waals surface area contributed by atoms with Gasteiger partial charge in [0.15, 0.2) is 0 Å². The number of rotatable bonds is 5. The molecule has 2 aromatic rings. The number of nitrogens with one attached hydrogen (secondary N) is 1. The molecule has 0 radical (unpaired) electrons. The molecule has 2 aromatic heterocycles. The number of carbonyl (C=O) groups excluding carboxylic acids is 1. The molecule has 8 nitrogen and oxygen atoms in total. The van der Waals surface area contributed by atoms with Crippen molar-refractivity contribution in [2.45, 2.75) is 44.4 Å². The molecule has 1 saturated carbocycles. The lowest BCUT2D eigenvalue weighted by molar-refractivity contribution is -0.123. The van der Waals surface area contributed by atoms with Crippen molar-refractivity contribution < 1.29 is 9.53 Å². The number of hydrogen-bond acceptors (Lipinski definition) is 6. The fraction of sp³-hybridized carbons (Fsp3) is 0.438. The minimum Gasteiger partial charge on any atom is -0.460 e. The van der Waals surface area contributed by atoms with E-state index in [-0.39, 0.29) is 30.2 Å². The number of carbonyl (C=O) groups is 1. The smallest absolute Gasteiger partial charge is 0.316 e. The number of ether oxygens (including phenoxy) is 1. The Labute approximate surface area is 149 Å². The first-order chi connectivity index (χ1) is 12.1. The van der Waals surface area contributed by atoms with E-state index in [1.165, 1.54) is 24.7 Å². The average molecular weight is 364 g/mol. The van der Waals surface area contributed by atoms with Gasteiger partial charge in [0.1, 0.15) is 12.6 Å². The summed E-state index contributed by atoms with van der Waals surface area (Å²) in [6.45, 7) is -0.0747. The molecular formula is C16H18ClN5O3. The zero-order chi connectivity index (χ0) is 17.6. The molecule has 0 atom stereocenters. The zero-order valence-electron chi connectivity index (χ0n) is 13.5. The van der Waals surface area contributed by atoms with Gasteiger partial charge in [-0.25, -0.2) is 14.6 Å². The lowest BCUT2D eigenvalue weighted by Crippen LogP contribution is -2.42. The van der Waals surface area contributed by atoms with Crippen LogP contribution < -0.4 is 15.6 Å². The molecule has 9 heteroatoms. The third-order valence-electron chi connectivity index (χ3n) is 3.99. The van der Waals surface area contributed by atoms with Crippen molar-refractivity contribution in [1.82, 2.24) is 25.1 Å². The third-order valence-corrected chi connectivity index (χ3v) is 4.18. The fourth-order valence-corrected chi connectivity index (χ4v) is 2.85. The summed E-state index contributed by atoms with van der Waals surface area (Å²) in [6.07, 6.45) is 7.66. The minimum atomic E-state index is -0.294. The molecule has 25 heavy (non-hydrogen) atoms. The Kier molecular flexibility index (Phi) is 5.60. The van der Waals surface area contributed by atoms with Crippen molar-refractivity contribution in [2.24, 2.45) is 0 Å². The lowest BCUT2D eigenvalue weighted by Gasteiger charge is -2.28. The molecule has 1 aliphatic rings. The summed E-state index contributed by atoms with van der Waals surface area (Å²) < 4.78 is 6.87. The third kappa shape index (κ3) is 4.99. The highest BCUT2D eigenvalue weighted by Gasteiger charge is 2.24. The van der Waals surface area contributed by atoms with E-state index in [9.17, 15) is 9.59 Å². The SMILES string of the molecule is O=C(Cn1ncccc1=O)NC1CCC(Oc2ncc(Cl)cn2)CC1. The Morgan fingerprint density at radius 3 is 2.68 bits per heavy atom. The van der Waals surface area contributed by atoms with E-state index in [1.54, 1.807) is 6.07 Å². The van der Waals surface area contributed by atoms with Gasteiger partial charge in [0.2, 0.25) is 5.91 Å². The predicted octanol–water partition coefficient (Wildman–Crippen LogP) is 1.19. The number of aromatic nitrogens is 4. The van der Waals surface area contributed by atoms with Gasteiger partial charge in [-0.3, -0.25) is 9.59 Å². The maximum Gasteiger partial charge on any atom is 0.316 e. The molecule has 0 unspecified atom stereocenters. The quantitative estimate of drug-likeness (QED) is 0.856. The Morgan fingerprint density at radius 1 is 1.28 bits per heavy atom. The van der Waals surface area contributed by atoms with Gasteiger partial charge in [-0.15, -0.1) is 0 Å². The van der Waals surface area contributed by atoms with E-state index >= 15 is 0 Å². The summed E-state index contributed by atoms with van der Waals surface area (Å²) in [5, 5.41) is 7.28. The normalized spacial score (nSPS) is 20.0. The first-order valence-corrected chi connectivity index (χ1v) is 8.43. The van der Waals surface area contributed by atoms with Crippen LogP contribution in [0.25, 0.3) is 0 Å². The molecular weight excluding hydrogens is 346 g/mol. The van der Waals surface area contributed by atoms with Gasteiger partial charge in [-0.1, -0.05) is 11.6 Å². The van der Waals surface area contributed by atoms with E-state index < -0.39 is 0 Å². The molecule has 1 N–H and O–H groups in total. The number of halogens is 1. The van der Waals surface area contributed by atoms with Gasteiger partial charge in [-0.05, 0) is 31.7 Å². The summed E-state index contributed by atoms with van der Waals surface area (Å²) in [6, 6.07) is 3.30. The second kappa shape index (κ2) is 8.06. The summed E-state index contributed by atoms with van der Waals surface area (Å²) >= 11 is 5.74. The molecule has 0 aromatic carbocycles. The molecule has 3 rings (SSSR count). The maximum absolute atomic E-state index is 12.1.